The molecule has 142 valence electrons. The maximum Gasteiger partial charge on any atom is 0.248 e. The Kier molecular flexibility index (Phi) is 6.05. The first-order valence-electron chi connectivity index (χ1n) is 8.08. The van der Waals surface area contributed by atoms with Gasteiger partial charge < -0.3 is 4.57 Å². The number of thiazole rings is 1. The molecule has 0 saturated heterocycles. The predicted molar refractivity (Wildman–Crippen MR) is 109 cm³/mol. The molecule has 1 amide bonds. The highest BCUT2D eigenvalue weighted by atomic mass is 35.5. The lowest BCUT2D eigenvalue weighted by molar-refractivity contribution is -0.118. The SMILES string of the molecule is Cn1c(=NC(=O)CCCS(=O)(=O)c2ccccc2)sc2c(Cl)ccc(Cl)c21. The molecule has 1 heterocycles. The Bertz CT molecular complexity index is 1170. The second-order valence-electron chi connectivity index (χ2n) is 5.89. The van der Waals surface area contributed by atoms with Crippen LogP contribution in [-0.2, 0) is 21.7 Å². The lowest BCUT2D eigenvalue weighted by atomic mass is 10.3. The molecule has 0 unspecified atom stereocenters. The van der Waals surface area contributed by atoms with E-state index in [2.05, 4.69) is 4.99 Å². The molecule has 3 rings (SSSR count). The summed E-state index contributed by atoms with van der Waals surface area (Å²) in [4.78, 5) is 17.0. The minimum absolute atomic E-state index is 0.0434. The molecular formula is C18H16Cl2N2O3S2. The molecule has 9 heteroatoms. The Morgan fingerprint density at radius 2 is 1.78 bits per heavy atom. The number of carbonyl (C=O) groups excluding carboxylic acids is 1. The Balaban J connectivity index is 1.75. The molecule has 0 aliphatic heterocycles. The van der Waals surface area contributed by atoms with Crippen LogP contribution >= 0.6 is 34.5 Å². The second-order valence-corrected chi connectivity index (χ2v) is 9.79. The molecule has 2 aromatic carbocycles. The smallest absolute Gasteiger partial charge is 0.248 e. The highest BCUT2D eigenvalue weighted by Gasteiger charge is 2.15. The van der Waals surface area contributed by atoms with Crippen LogP contribution in [0.1, 0.15) is 12.8 Å². The highest BCUT2D eigenvalue weighted by molar-refractivity contribution is 7.91. The number of aryl methyl sites for hydroxylation is 1. The van der Waals surface area contributed by atoms with Crippen molar-refractivity contribution in [3.8, 4) is 0 Å². The topological polar surface area (TPSA) is 68.5 Å². The van der Waals surface area contributed by atoms with Crippen LogP contribution in [0, 0.1) is 0 Å². The lowest BCUT2D eigenvalue weighted by Gasteiger charge is -2.03. The molecule has 0 radical (unpaired) electrons. The van der Waals surface area contributed by atoms with Crippen molar-refractivity contribution in [3.05, 3.63) is 57.3 Å². The van der Waals surface area contributed by atoms with Gasteiger partial charge in [-0.25, -0.2) is 8.42 Å². The maximum atomic E-state index is 12.2. The van der Waals surface area contributed by atoms with Crippen molar-refractivity contribution in [1.82, 2.24) is 4.57 Å². The van der Waals surface area contributed by atoms with Gasteiger partial charge in [0.15, 0.2) is 14.6 Å². The Labute approximate surface area is 170 Å². The zero-order valence-corrected chi connectivity index (χ0v) is 17.5. The van der Waals surface area contributed by atoms with Crippen LogP contribution in [0.25, 0.3) is 10.2 Å². The van der Waals surface area contributed by atoms with Crippen molar-refractivity contribution >= 4 is 60.5 Å². The van der Waals surface area contributed by atoms with Crippen LogP contribution in [0.5, 0.6) is 0 Å². The fraction of sp³-hybridized carbons (Fsp3) is 0.222. The molecule has 0 fully saturated rings. The summed E-state index contributed by atoms with van der Waals surface area (Å²) in [6, 6.07) is 11.6. The number of benzene rings is 2. The van der Waals surface area contributed by atoms with E-state index >= 15 is 0 Å². The first kappa shape index (κ1) is 20.1. The largest absolute Gasteiger partial charge is 0.318 e. The first-order chi connectivity index (χ1) is 12.8. The van der Waals surface area contributed by atoms with E-state index in [1.54, 1.807) is 54.1 Å². The van der Waals surface area contributed by atoms with E-state index in [9.17, 15) is 13.2 Å². The molecular weight excluding hydrogens is 427 g/mol. The van der Waals surface area contributed by atoms with E-state index in [1.807, 2.05) is 0 Å². The number of sulfone groups is 1. The Morgan fingerprint density at radius 3 is 2.44 bits per heavy atom. The standard InChI is InChI=1S/C18H16Cl2N2O3S2/c1-22-16-13(19)9-10-14(20)17(16)26-18(22)21-15(23)8-5-11-27(24,25)12-6-3-2-4-7-12/h2-4,6-7,9-10H,5,8,11H2,1H3. The van der Waals surface area contributed by atoms with E-state index in [0.717, 1.165) is 4.70 Å². The number of rotatable bonds is 5. The van der Waals surface area contributed by atoms with Crippen LogP contribution < -0.4 is 4.80 Å². The quantitative estimate of drug-likeness (QED) is 0.593. The molecule has 1 aromatic heterocycles. The third-order valence-corrected chi connectivity index (χ3v) is 7.69. The number of amides is 1. The fourth-order valence-corrected chi connectivity index (χ4v) is 5.61. The van der Waals surface area contributed by atoms with E-state index < -0.39 is 9.84 Å². The highest BCUT2D eigenvalue weighted by Crippen LogP contribution is 2.31. The van der Waals surface area contributed by atoms with Crippen LogP contribution in [0.2, 0.25) is 10.0 Å². The number of aromatic nitrogens is 1. The zero-order valence-electron chi connectivity index (χ0n) is 14.4. The predicted octanol–water partition coefficient (Wildman–Crippen LogP) is 4.23. The first-order valence-corrected chi connectivity index (χ1v) is 11.3. The normalized spacial score (nSPS) is 12.6. The minimum atomic E-state index is -3.40. The van der Waals surface area contributed by atoms with Gasteiger partial charge in [0.2, 0.25) is 5.91 Å². The summed E-state index contributed by atoms with van der Waals surface area (Å²) in [6.07, 6.45) is 0.247. The van der Waals surface area contributed by atoms with Crippen molar-refractivity contribution in [3.63, 3.8) is 0 Å². The van der Waals surface area contributed by atoms with Gasteiger partial charge in [0, 0.05) is 13.5 Å². The summed E-state index contributed by atoms with van der Waals surface area (Å²) >= 11 is 13.7. The van der Waals surface area contributed by atoms with Gasteiger partial charge in [-0.2, -0.15) is 4.99 Å². The van der Waals surface area contributed by atoms with Crippen LogP contribution in [0.3, 0.4) is 0 Å². The van der Waals surface area contributed by atoms with Crippen molar-refractivity contribution in [2.45, 2.75) is 17.7 Å². The third-order valence-electron chi connectivity index (χ3n) is 3.98. The molecule has 5 nitrogen and oxygen atoms in total. The summed E-state index contributed by atoms with van der Waals surface area (Å²) in [5, 5.41) is 1.06. The molecule has 0 aliphatic carbocycles. The number of hydrogen-bond acceptors (Lipinski definition) is 4. The minimum Gasteiger partial charge on any atom is -0.318 e. The van der Waals surface area contributed by atoms with Crippen molar-refractivity contribution in [2.75, 3.05) is 5.75 Å². The van der Waals surface area contributed by atoms with Crippen molar-refractivity contribution < 1.29 is 13.2 Å². The summed E-state index contributed by atoms with van der Waals surface area (Å²) < 4.78 is 27.0. The summed E-state index contributed by atoms with van der Waals surface area (Å²) in [5.41, 5.74) is 0.715. The Morgan fingerprint density at radius 1 is 1.11 bits per heavy atom. The lowest BCUT2D eigenvalue weighted by Crippen LogP contribution is -2.14. The number of carbonyl (C=O) groups is 1. The zero-order chi connectivity index (χ0) is 19.6. The van der Waals surface area contributed by atoms with Gasteiger partial charge in [-0.1, -0.05) is 52.7 Å². The molecule has 3 aromatic rings. The number of hydrogen-bond donors (Lipinski definition) is 0. The van der Waals surface area contributed by atoms with E-state index in [4.69, 9.17) is 23.2 Å². The maximum absolute atomic E-state index is 12.2. The van der Waals surface area contributed by atoms with E-state index in [0.29, 0.717) is 20.4 Å². The summed E-state index contributed by atoms with van der Waals surface area (Å²) in [7, 11) is -1.64. The van der Waals surface area contributed by atoms with Gasteiger partial charge in [-0.05, 0) is 30.7 Å². The molecule has 0 spiro atoms. The van der Waals surface area contributed by atoms with Crippen molar-refractivity contribution in [1.29, 1.82) is 0 Å². The molecule has 27 heavy (non-hydrogen) atoms. The van der Waals surface area contributed by atoms with Gasteiger partial charge in [0.05, 0.1) is 30.9 Å². The summed E-state index contributed by atoms with van der Waals surface area (Å²) in [5.74, 6) is -0.485. The third kappa shape index (κ3) is 4.43. The van der Waals surface area contributed by atoms with Gasteiger partial charge in [-0.15, -0.1) is 0 Å². The van der Waals surface area contributed by atoms with Gasteiger partial charge in [-0.3, -0.25) is 4.79 Å². The van der Waals surface area contributed by atoms with Crippen LogP contribution in [0.15, 0.2) is 52.4 Å². The molecule has 0 saturated carbocycles. The van der Waals surface area contributed by atoms with Gasteiger partial charge >= 0.3 is 0 Å². The van der Waals surface area contributed by atoms with Gasteiger partial charge in [0.25, 0.3) is 0 Å². The molecule has 0 aliphatic rings. The molecule has 0 bridgehead atoms. The number of nitrogens with zero attached hydrogens (tertiary/aromatic N) is 2. The monoisotopic (exact) mass is 442 g/mol. The van der Waals surface area contributed by atoms with Crippen LogP contribution in [-0.4, -0.2) is 24.6 Å². The number of halogens is 2. The van der Waals surface area contributed by atoms with Crippen molar-refractivity contribution in [2.24, 2.45) is 12.0 Å². The Hall–Kier alpha value is -1.67. The van der Waals surface area contributed by atoms with E-state index in [-0.39, 0.29) is 29.4 Å². The average Bonchev–Trinajstić information content (AvgIpc) is 2.96. The van der Waals surface area contributed by atoms with Gasteiger partial charge in [0.1, 0.15) is 0 Å². The number of fused-ring (bicyclic) bond motifs is 1. The fourth-order valence-electron chi connectivity index (χ4n) is 2.61. The van der Waals surface area contributed by atoms with E-state index in [1.165, 1.54) is 11.3 Å². The molecule has 0 atom stereocenters. The molecule has 0 N–H and O–H groups in total. The van der Waals surface area contributed by atoms with Crippen LogP contribution in [0.4, 0.5) is 0 Å². The summed E-state index contributed by atoms with van der Waals surface area (Å²) in [6.45, 7) is 0. The second kappa shape index (κ2) is 8.14. The average molecular weight is 443 g/mol.